The Morgan fingerprint density at radius 3 is 2.70 bits per heavy atom. The second-order valence-corrected chi connectivity index (χ2v) is 7.32. The lowest BCUT2D eigenvalue weighted by Gasteiger charge is -2.04. The van der Waals surface area contributed by atoms with E-state index in [-0.39, 0.29) is 11.7 Å². The van der Waals surface area contributed by atoms with E-state index in [1.165, 1.54) is 11.8 Å². The number of amides is 1. The Bertz CT molecular complexity index is 972. The highest BCUT2D eigenvalue weighted by Gasteiger charge is 2.13. The number of benzene rings is 2. The van der Waals surface area contributed by atoms with Crippen LogP contribution in [0.3, 0.4) is 0 Å². The fraction of sp³-hybridized carbons (Fsp3) is 0.111. The summed E-state index contributed by atoms with van der Waals surface area (Å²) in [6.07, 6.45) is 1.55. The summed E-state index contributed by atoms with van der Waals surface area (Å²) < 4.78 is 1.82. The van der Waals surface area contributed by atoms with Crippen LogP contribution in [0.15, 0.2) is 58.8 Å². The SMILES string of the molecule is Cn1c(SCC(=O)N/N=C\c2ccc(Cl)cc2)nnc1-c1cccc(Cl)c1. The van der Waals surface area contributed by atoms with Gasteiger partial charge in [0.25, 0.3) is 5.91 Å². The molecule has 0 fully saturated rings. The minimum Gasteiger partial charge on any atom is -0.305 e. The predicted molar refractivity (Wildman–Crippen MR) is 109 cm³/mol. The third-order valence-electron chi connectivity index (χ3n) is 3.52. The Kier molecular flexibility index (Phi) is 6.49. The summed E-state index contributed by atoms with van der Waals surface area (Å²) >= 11 is 13.1. The van der Waals surface area contributed by atoms with Gasteiger partial charge in [0.05, 0.1) is 12.0 Å². The highest BCUT2D eigenvalue weighted by Crippen LogP contribution is 2.24. The molecule has 0 saturated carbocycles. The Balaban J connectivity index is 1.55. The van der Waals surface area contributed by atoms with Gasteiger partial charge in [-0.25, -0.2) is 5.43 Å². The third kappa shape index (κ3) is 5.32. The van der Waals surface area contributed by atoms with Crippen LogP contribution >= 0.6 is 35.0 Å². The van der Waals surface area contributed by atoms with Gasteiger partial charge in [-0.2, -0.15) is 5.10 Å². The lowest BCUT2D eigenvalue weighted by atomic mass is 10.2. The van der Waals surface area contributed by atoms with Crippen molar-refractivity contribution in [3.8, 4) is 11.4 Å². The molecular formula is C18H15Cl2N5OS. The van der Waals surface area contributed by atoms with E-state index in [1.807, 2.05) is 41.9 Å². The number of halogens is 2. The van der Waals surface area contributed by atoms with Crippen molar-refractivity contribution in [2.45, 2.75) is 5.16 Å². The number of rotatable bonds is 6. The number of nitrogens with one attached hydrogen (secondary N) is 1. The molecule has 27 heavy (non-hydrogen) atoms. The smallest absolute Gasteiger partial charge is 0.250 e. The van der Waals surface area contributed by atoms with Crippen LogP contribution in [0.2, 0.25) is 10.0 Å². The predicted octanol–water partition coefficient (Wildman–Crippen LogP) is 4.03. The van der Waals surface area contributed by atoms with Crippen LogP contribution in [0.4, 0.5) is 0 Å². The van der Waals surface area contributed by atoms with Gasteiger partial charge in [-0.15, -0.1) is 10.2 Å². The highest BCUT2D eigenvalue weighted by molar-refractivity contribution is 7.99. The quantitative estimate of drug-likeness (QED) is 0.371. The van der Waals surface area contributed by atoms with Crippen LogP contribution in [-0.2, 0) is 11.8 Å². The minimum absolute atomic E-state index is 0.166. The standard InChI is InChI=1S/C18H15Cl2N5OS/c1-25-17(13-3-2-4-15(20)9-13)23-24-18(25)27-11-16(26)22-21-10-12-5-7-14(19)8-6-12/h2-10H,11H2,1H3,(H,22,26)/b21-10-. The number of carbonyl (C=O) groups is 1. The highest BCUT2D eigenvalue weighted by atomic mass is 35.5. The summed E-state index contributed by atoms with van der Waals surface area (Å²) in [7, 11) is 1.84. The molecule has 0 aliphatic carbocycles. The van der Waals surface area contributed by atoms with Crippen LogP contribution in [-0.4, -0.2) is 32.6 Å². The number of hydrazone groups is 1. The van der Waals surface area contributed by atoms with Gasteiger partial charge >= 0.3 is 0 Å². The summed E-state index contributed by atoms with van der Waals surface area (Å²) in [5.74, 6) is 0.609. The summed E-state index contributed by atoms with van der Waals surface area (Å²) in [5.41, 5.74) is 4.19. The van der Waals surface area contributed by atoms with E-state index < -0.39 is 0 Å². The van der Waals surface area contributed by atoms with Gasteiger partial charge in [0, 0.05) is 22.7 Å². The van der Waals surface area contributed by atoms with E-state index in [2.05, 4.69) is 20.7 Å². The number of hydrogen-bond donors (Lipinski definition) is 1. The molecule has 1 amide bonds. The lowest BCUT2D eigenvalue weighted by Crippen LogP contribution is -2.19. The molecule has 3 aromatic rings. The maximum Gasteiger partial charge on any atom is 0.250 e. The zero-order valence-electron chi connectivity index (χ0n) is 14.3. The molecule has 0 spiro atoms. The second kappa shape index (κ2) is 9.03. The Morgan fingerprint density at radius 2 is 1.96 bits per heavy atom. The van der Waals surface area contributed by atoms with Gasteiger partial charge < -0.3 is 4.57 Å². The van der Waals surface area contributed by atoms with Crippen molar-refractivity contribution in [1.29, 1.82) is 0 Å². The average molecular weight is 420 g/mol. The van der Waals surface area contributed by atoms with Crippen molar-refractivity contribution in [3.63, 3.8) is 0 Å². The summed E-state index contributed by atoms with van der Waals surface area (Å²) in [5, 5.41) is 14.1. The molecule has 0 radical (unpaired) electrons. The van der Waals surface area contributed by atoms with Gasteiger partial charge in [-0.05, 0) is 29.8 Å². The van der Waals surface area contributed by atoms with Crippen LogP contribution in [0.5, 0.6) is 0 Å². The van der Waals surface area contributed by atoms with Gasteiger partial charge in [0.2, 0.25) is 0 Å². The fourth-order valence-corrected chi connectivity index (χ4v) is 3.23. The second-order valence-electron chi connectivity index (χ2n) is 5.51. The molecule has 1 aromatic heterocycles. The number of aromatic nitrogens is 3. The number of hydrogen-bond acceptors (Lipinski definition) is 5. The Morgan fingerprint density at radius 1 is 1.19 bits per heavy atom. The molecule has 0 saturated heterocycles. The normalized spacial score (nSPS) is 11.1. The monoisotopic (exact) mass is 419 g/mol. The van der Waals surface area contributed by atoms with Crippen LogP contribution in [0.25, 0.3) is 11.4 Å². The van der Waals surface area contributed by atoms with Crippen molar-refractivity contribution in [2.24, 2.45) is 12.1 Å². The van der Waals surface area contributed by atoms with Gasteiger partial charge in [0.1, 0.15) is 0 Å². The number of nitrogens with zero attached hydrogens (tertiary/aromatic N) is 4. The van der Waals surface area contributed by atoms with Crippen molar-refractivity contribution >= 4 is 47.1 Å². The molecule has 6 nitrogen and oxygen atoms in total. The molecule has 0 aliphatic heterocycles. The number of thioether (sulfide) groups is 1. The Hall–Kier alpha value is -2.35. The Labute approximate surface area is 170 Å². The number of carbonyl (C=O) groups excluding carboxylic acids is 1. The molecule has 3 rings (SSSR count). The van der Waals surface area contributed by atoms with Crippen LogP contribution in [0, 0.1) is 0 Å². The van der Waals surface area contributed by atoms with E-state index in [0.29, 0.717) is 21.0 Å². The summed E-state index contributed by atoms with van der Waals surface area (Å²) in [6, 6.07) is 14.5. The van der Waals surface area contributed by atoms with E-state index in [9.17, 15) is 4.79 Å². The van der Waals surface area contributed by atoms with Crippen molar-refractivity contribution in [3.05, 3.63) is 64.1 Å². The maximum absolute atomic E-state index is 12.0. The molecule has 1 heterocycles. The van der Waals surface area contributed by atoms with Gasteiger partial charge in [0.15, 0.2) is 11.0 Å². The molecule has 2 aromatic carbocycles. The van der Waals surface area contributed by atoms with Crippen LogP contribution < -0.4 is 5.43 Å². The first kappa shape index (κ1) is 19.4. The van der Waals surface area contributed by atoms with Crippen LogP contribution in [0.1, 0.15) is 5.56 Å². The van der Waals surface area contributed by atoms with E-state index in [1.54, 1.807) is 24.4 Å². The maximum atomic E-state index is 12.0. The third-order valence-corrected chi connectivity index (χ3v) is 5.03. The van der Waals surface area contributed by atoms with Crippen molar-refractivity contribution in [1.82, 2.24) is 20.2 Å². The van der Waals surface area contributed by atoms with Gasteiger partial charge in [-0.3, -0.25) is 4.79 Å². The first-order chi connectivity index (χ1) is 13.0. The largest absolute Gasteiger partial charge is 0.305 e. The van der Waals surface area contributed by atoms with Gasteiger partial charge in [-0.1, -0.05) is 59.2 Å². The first-order valence-electron chi connectivity index (χ1n) is 7.88. The molecule has 0 atom stereocenters. The molecule has 1 N–H and O–H groups in total. The van der Waals surface area contributed by atoms with E-state index in [4.69, 9.17) is 23.2 Å². The molecule has 0 bridgehead atoms. The zero-order chi connectivity index (χ0) is 19.2. The van der Waals surface area contributed by atoms with Crippen molar-refractivity contribution in [2.75, 3.05) is 5.75 Å². The molecule has 138 valence electrons. The van der Waals surface area contributed by atoms with Crippen molar-refractivity contribution < 1.29 is 4.79 Å². The molecule has 0 unspecified atom stereocenters. The molecule has 9 heteroatoms. The summed E-state index contributed by atoms with van der Waals surface area (Å²) in [6.45, 7) is 0. The lowest BCUT2D eigenvalue weighted by molar-refractivity contribution is -0.118. The van der Waals surface area contributed by atoms with E-state index in [0.717, 1.165) is 11.1 Å². The molecular weight excluding hydrogens is 405 g/mol. The summed E-state index contributed by atoms with van der Waals surface area (Å²) in [4.78, 5) is 12.0. The average Bonchev–Trinajstić information content (AvgIpc) is 3.02. The topological polar surface area (TPSA) is 72.2 Å². The first-order valence-corrected chi connectivity index (χ1v) is 9.62. The van der Waals surface area contributed by atoms with E-state index >= 15 is 0 Å². The zero-order valence-corrected chi connectivity index (χ0v) is 16.6. The molecule has 0 aliphatic rings. The fourth-order valence-electron chi connectivity index (χ4n) is 2.21. The minimum atomic E-state index is -0.238.